The maximum atomic E-state index is 3.56. The second-order valence-corrected chi connectivity index (χ2v) is 14.9. The Morgan fingerprint density at radius 1 is 0.370 bits per heavy atom. The van der Waals surface area contributed by atoms with Crippen LogP contribution in [0.1, 0.15) is 236 Å². The largest absolute Gasteiger partial charge is 0.106 e. The fourth-order valence-electron chi connectivity index (χ4n) is 5.93. The molecule has 4 fully saturated rings. The van der Waals surface area contributed by atoms with E-state index in [1.165, 1.54) is 173 Å². The zero-order valence-electron chi connectivity index (χ0n) is 34.7. The smallest absolute Gasteiger partial charge is 0.0443 e. The summed E-state index contributed by atoms with van der Waals surface area (Å²) in [5.74, 6) is 4.14. The van der Waals surface area contributed by atoms with E-state index in [1.54, 1.807) is 0 Å². The van der Waals surface area contributed by atoms with Crippen molar-refractivity contribution in [3.63, 3.8) is 0 Å². The molecule has 4 saturated carbocycles. The van der Waals surface area contributed by atoms with Gasteiger partial charge in [0.25, 0.3) is 0 Å². The molecule has 0 aromatic rings. The fraction of sp³-hybridized carbons (Fsp3) is 0.870. The Bertz CT molecular complexity index is 400. The third kappa shape index (κ3) is 62.1. The van der Waals surface area contributed by atoms with Gasteiger partial charge in [0.1, 0.15) is 0 Å². The van der Waals surface area contributed by atoms with Gasteiger partial charge in [-0.1, -0.05) is 228 Å². The number of hydrogen-bond donors (Lipinski definition) is 0. The predicted molar refractivity (Wildman–Crippen MR) is 222 cm³/mol. The predicted octanol–water partition coefficient (Wildman–Crippen LogP) is 17.9. The van der Waals surface area contributed by atoms with Crippen LogP contribution in [0.5, 0.6) is 0 Å². The number of rotatable bonds is 4. The van der Waals surface area contributed by atoms with E-state index in [-0.39, 0.29) is 0 Å². The highest BCUT2D eigenvalue weighted by molar-refractivity contribution is 4.78. The first-order valence-corrected chi connectivity index (χ1v) is 20.8. The zero-order chi connectivity index (χ0) is 36.3. The monoisotopic (exact) mass is 649 g/mol. The molecular formula is C46H96. The van der Waals surface area contributed by atoms with Crippen LogP contribution < -0.4 is 0 Å². The quantitative estimate of drug-likeness (QED) is 0.266. The first-order valence-electron chi connectivity index (χ1n) is 20.8. The van der Waals surface area contributed by atoms with Gasteiger partial charge in [-0.25, -0.2) is 0 Å². The van der Waals surface area contributed by atoms with Gasteiger partial charge in [0.15, 0.2) is 0 Å². The minimum atomic E-state index is 1.04. The van der Waals surface area contributed by atoms with Crippen molar-refractivity contribution in [2.75, 3.05) is 0 Å². The molecule has 0 nitrogen and oxygen atoms in total. The summed E-state index contributed by atoms with van der Waals surface area (Å²) in [4.78, 5) is 0. The molecule has 0 aliphatic heterocycles. The molecular weight excluding hydrogens is 553 g/mol. The molecule has 0 amide bonds. The molecule has 0 radical (unpaired) electrons. The summed E-state index contributed by atoms with van der Waals surface area (Å²) in [5, 5.41) is 0. The van der Waals surface area contributed by atoms with E-state index in [0.29, 0.717) is 0 Å². The Hall–Kier alpha value is -0.780. The Morgan fingerprint density at radius 3 is 0.543 bits per heavy atom. The Labute approximate surface area is 297 Å². The molecule has 4 aliphatic rings. The summed E-state index contributed by atoms with van der Waals surface area (Å²) >= 11 is 0. The Kier molecular flexibility index (Phi) is 60.7. The van der Waals surface area contributed by atoms with Crippen molar-refractivity contribution in [2.24, 2.45) is 23.7 Å². The first kappa shape index (κ1) is 54.7. The number of unbranched alkanes of at least 4 members (excludes halogenated alkanes) is 4. The van der Waals surface area contributed by atoms with E-state index in [4.69, 9.17) is 0 Å². The zero-order valence-corrected chi connectivity index (χ0v) is 34.7. The molecule has 0 heterocycles. The standard InChI is InChI=1S/4C7H14.2C5H12.C4H8.2C2H4/c4*1-7-5-3-2-4-6-7;2*1-3-5-4-2;1-4(2)3;2*1-2/h4*7H,2-6H2,1H3;2*3-5H2,1-2H3;1H2,2-3H3;2*1-2H2. The highest BCUT2D eigenvalue weighted by Gasteiger charge is 2.08. The van der Waals surface area contributed by atoms with Crippen molar-refractivity contribution >= 4 is 0 Å². The van der Waals surface area contributed by atoms with Crippen molar-refractivity contribution in [3.8, 4) is 0 Å². The van der Waals surface area contributed by atoms with Gasteiger partial charge in [0, 0.05) is 0 Å². The SMILES string of the molecule is C=C.C=C.C=C(C)C.CC1CCCCC1.CC1CCCCC1.CC1CCCCC1.CC1CCCCC1.CCCCC.CCCCC. The van der Waals surface area contributed by atoms with Crippen molar-refractivity contribution in [3.05, 3.63) is 38.5 Å². The second-order valence-electron chi connectivity index (χ2n) is 14.9. The summed E-state index contributed by atoms with van der Waals surface area (Å²) in [5.41, 5.74) is 1.17. The average Bonchev–Trinajstić information content (AvgIpc) is 3.07. The molecule has 0 spiro atoms. The number of hydrogen-bond acceptors (Lipinski definition) is 0. The lowest BCUT2D eigenvalue weighted by Crippen LogP contribution is -1.99. The lowest BCUT2D eigenvalue weighted by molar-refractivity contribution is 0.385. The van der Waals surface area contributed by atoms with Crippen LogP contribution in [0.2, 0.25) is 0 Å². The van der Waals surface area contributed by atoms with Gasteiger partial charge in [-0.2, -0.15) is 0 Å². The second kappa shape index (κ2) is 51.1. The van der Waals surface area contributed by atoms with Gasteiger partial charge in [0.2, 0.25) is 0 Å². The van der Waals surface area contributed by atoms with Crippen molar-refractivity contribution in [1.29, 1.82) is 0 Å². The van der Waals surface area contributed by atoms with E-state index in [1.807, 2.05) is 13.8 Å². The third-order valence-electron chi connectivity index (χ3n) is 8.99. The Balaban J connectivity index is -0.000000141. The molecule has 0 heteroatoms. The first-order chi connectivity index (χ1) is 22.1. The maximum absolute atomic E-state index is 3.56. The topological polar surface area (TPSA) is 0 Å². The molecule has 0 aromatic heterocycles. The highest BCUT2D eigenvalue weighted by atomic mass is 14.1. The molecule has 0 aromatic carbocycles. The maximum Gasteiger partial charge on any atom is -0.0443 e. The van der Waals surface area contributed by atoms with E-state index in [0.717, 1.165) is 23.7 Å². The summed E-state index contributed by atoms with van der Waals surface area (Å²) in [6, 6.07) is 0. The van der Waals surface area contributed by atoms with Gasteiger partial charge >= 0.3 is 0 Å². The average molecular weight is 649 g/mol. The molecule has 0 atom stereocenters. The van der Waals surface area contributed by atoms with Crippen LogP contribution in [0.3, 0.4) is 0 Å². The molecule has 0 unspecified atom stereocenters. The van der Waals surface area contributed by atoms with Gasteiger partial charge in [-0.05, 0) is 37.5 Å². The lowest BCUT2D eigenvalue weighted by Gasteiger charge is -2.15. The van der Waals surface area contributed by atoms with E-state index >= 15 is 0 Å². The molecule has 4 aliphatic carbocycles. The minimum Gasteiger partial charge on any atom is -0.106 e. The molecule has 46 heavy (non-hydrogen) atoms. The fourth-order valence-corrected chi connectivity index (χ4v) is 5.93. The van der Waals surface area contributed by atoms with Crippen molar-refractivity contribution in [2.45, 2.75) is 236 Å². The van der Waals surface area contributed by atoms with Gasteiger partial charge in [-0.3, -0.25) is 0 Å². The van der Waals surface area contributed by atoms with Crippen LogP contribution >= 0.6 is 0 Å². The van der Waals surface area contributed by atoms with E-state index < -0.39 is 0 Å². The summed E-state index contributed by atoms with van der Waals surface area (Å²) in [7, 11) is 0. The lowest BCUT2D eigenvalue weighted by atomic mass is 9.91. The van der Waals surface area contributed by atoms with Gasteiger partial charge in [0.05, 0.1) is 0 Å². The summed E-state index contributed by atoms with van der Waals surface area (Å²) in [6.07, 6.45) is 37.9. The van der Waals surface area contributed by atoms with Crippen molar-refractivity contribution in [1.82, 2.24) is 0 Å². The summed E-state index contributed by atoms with van der Waals surface area (Å²) in [6.45, 7) is 37.8. The van der Waals surface area contributed by atoms with Crippen LogP contribution in [-0.4, -0.2) is 0 Å². The van der Waals surface area contributed by atoms with E-state index in [2.05, 4.69) is 88.3 Å². The Morgan fingerprint density at radius 2 is 0.500 bits per heavy atom. The molecule has 4 rings (SSSR count). The van der Waals surface area contributed by atoms with Gasteiger partial charge in [-0.15, -0.1) is 32.9 Å². The molecule has 0 bridgehead atoms. The van der Waals surface area contributed by atoms with Crippen LogP contribution in [0.15, 0.2) is 38.5 Å². The summed E-state index contributed by atoms with van der Waals surface area (Å²) < 4.78 is 0. The van der Waals surface area contributed by atoms with Crippen LogP contribution in [0, 0.1) is 23.7 Å². The van der Waals surface area contributed by atoms with Crippen molar-refractivity contribution < 1.29 is 0 Å². The minimum absolute atomic E-state index is 1.04. The van der Waals surface area contributed by atoms with Crippen LogP contribution in [0.25, 0.3) is 0 Å². The van der Waals surface area contributed by atoms with Crippen LogP contribution in [0.4, 0.5) is 0 Å². The molecule has 0 saturated heterocycles. The van der Waals surface area contributed by atoms with E-state index in [9.17, 15) is 0 Å². The highest BCUT2D eigenvalue weighted by Crippen LogP contribution is 2.24. The normalized spacial score (nSPS) is 18.0. The number of allylic oxidation sites excluding steroid dienone is 1. The van der Waals surface area contributed by atoms with Crippen LogP contribution in [-0.2, 0) is 0 Å². The molecule has 0 N–H and O–H groups in total. The molecule has 280 valence electrons. The third-order valence-corrected chi connectivity index (χ3v) is 8.99. The van der Waals surface area contributed by atoms with Gasteiger partial charge < -0.3 is 0 Å².